The van der Waals surface area contributed by atoms with Crippen LogP contribution >= 0.6 is 23.2 Å². The molecule has 150 valence electrons. The van der Waals surface area contributed by atoms with Crippen molar-refractivity contribution in [3.63, 3.8) is 0 Å². The van der Waals surface area contributed by atoms with Crippen LogP contribution in [0.5, 0.6) is 0 Å². The minimum absolute atomic E-state index is 0.244. The molecule has 29 heavy (non-hydrogen) atoms. The molecule has 1 amide bonds. The third kappa shape index (κ3) is 4.09. The van der Waals surface area contributed by atoms with Gasteiger partial charge in [0, 0.05) is 33.6 Å². The Bertz CT molecular complexity index is 1080. The number of rotatable bonds is 3. The van der Waals surface area contributed by atoms with Crippen LogP contribution in [0.25, 0.3) is 5.69 Å². The van der Waals surface area contributed by atoms with Crippen molar-refractivity contribution < 1.29 is 18.0 Å². The van der Waals surface area contributed by atoms with Crippen molar-refractivity contribution in [1.82, 2.24) is 20.1 Å². The van der Waals surface area contributed by atoms with Crippen LogP contribution in [0.2, 0.25) is 10.0 Å². The second kappa shape index (κ2) is 7.35. The van der Waals surface area contributed by atoms with Crippen LogP contribution in [-0.2, 0) is 12.6 Å². The van der Waals surface area contributed by atoms with Crippen molar-refractivity contribution in [3.05, 3.63) is 75.3 Å². The maximum Gasteiger partial charge on any atom is 0.433 e. The Morgan fingerprint density at radius 2 is 1.90 bits per heavy atom. The van der Waals surface area contributed by atoms with Crippen molar-refractivity contribution in [2.24, 2.45) is 0 Å². The van der Waals surface area contributed by atoms with E-state index in [1.54, 1.807) is 6.20 Å². The molecular formula is C19H13Cl2F3N4O. The van der Waals surface area contributed by atoms with Gasteiger partial charge in [-0.2, -0.15) is 18.3 Å². The average Bonchev–Trinajstić information content (AvgIpc) is 3.22. The number of carbonyl (C=O) groups is 1. The number of pyridine rings is 1. The van der Waals surface area contributed by atoms with Gasteiger partial charge >= 0.3 is 6.18 Å². The second-order valence-electron chi connectivity index (χ2n) is 6.60. The highest BCUT2D eigenvalue weighted by Crippen LogP contribution is 2.33. The van der Waals surface area contributed by atoms with Gasteiger partial charge in [0.05, 0.1) is 17.4 Å². The highest BCUT2D eigenvalue weighted by Gasteiger charge is 2.33. The topological polar surface area (TPSA) is 59.8 Å². The lowest BCUT2D eigenvalue weighted by Gasteiger charge is -2.13. The number of benzene rings is 1. The predicted molar refractivity (Wildman–Crippen MR) is 101 cm³/mol. The molecule has 1 aliphatic carbocycles. The fourth-order valence-corrected chi connectivity index (χ4v) is 3.80. The molecule has 5 nitrogen and oxygen atoms in total. The van der Waals surface area contributed by atoms with Gasteiger partial charge in [-0.1, -0.05) is 23.2 Å². The molecule has 3 aromatic rings. The predicted octanol–water partition coefficient (Wildman–Crippen LogP) is 5.01. The molecule has 1 aliphatic rings. The summed E-state index contributed by atoms with van der Waals surface area (Å²) in [4.78, 5) is 15.9. The van der Waals surface area contributed by atoms with Gasteiger partial charge in [-0.05, 0) is 43.2 Å². The lowest BCUT2D eigenvalue weighted by atomic mass is 10.1. The Morgan fingerprint density at radius 3 is 2.59 bits per heavy atom. The Hall–Kier alpha value is -2.58. The van der Waals surface area contributed by atoms with Crippen molar-refractivity contribution in [2.45, 2.75) is 25.1 Å². The van der Waals surface area contributed by atoms with Crippen molar-refractivity contribution in [1.29, 1.82) is 0 Å². The van der Waals surface area contributed by atoms with E-state index in [2.05, 4.69) is 15.4 Å². The third-order valence-electron chi connectivity index (χ3n) is 4.60. The minimum atomic E-state index is -4.54. The van der Waals surface area contributed by atoms with Crippen LogP contribution in [0.3, 0.4) is 0 Å². The summed E-state index contributed by atoms with van der Waals surface area (Å²) < 4.78 is 40.1. The summed E-state index contributed by atoms with van der Waals surface area (Å²) >= 11 is 11.9. The first-order valence-electron chi connectivity index (χ1n) is 8.60. The summed E-state index contributed by atoms with van der Waals surface area (Å²) in [5, 5.41) is 7.97. The molecule has 2 heterocycles. The fraction of sp³-hybridized carbons (Fsp3) is 0.211. The highest BCUT2D eigenvalue weighted by molar-refractivity contribution is 6.35. The molecule has 1 aromatic carbocycles. The van der Waals surface area contributed by atoms with Gasteiger partial charge in [0.1, 0.15) is 5.69 Å². The molecule has 0 unspecified atom stereocenters. The Balaban J connectivity index is 1.57. The molecule has 0 saturated carbocycles. The number of aryl methyl sites for hydroxylation is 1. The molecule has 2 aromatic heterocycles. The number of nitrogens with zero attached hydrogens (tertiary/aromatic N) is 3. The summed E-state index contributed by atoms with van der Waals surface area (Å²) in [7, 11) is 0. The number of hydrogen-bond donors (Lipinski definition) is 1. The van der Waals surface area contributed by atoms with E-state index in [0.717, 1.165) is 23.5 Å². The van der Waals surface area contributed by atoms with E-state index in [-0.39, 0.29) is 17.6 Å². The van der Waals surface area contributed by atoms with Gasteiger partial charge in [-0.3, -0.25) is 9.78 Å². The smallest absolute Gasteiger partial charge is 0.345 e. The van der Waals surface area contributed by atoms with E-state index < -0.39 is 11.9 Å². The molecule has 1 atom stereocenters. The van der Waals surface area contributed by atoms with Gasteiger partial charge in [0.15, 0.2) is 0 Å². The number of carbonyl (C=O) groups excluding carboxylic acids is 1. The van der Waals surface area contributed by atoms with Crippen molar-refractivity contribution >= 4 is 29.1 Å². The summed E-state index contributed by atoms with van der Waals surface area (Å²) in [5.74, 6) is -0.344. The number of alkyl halides is 3. The Labute approximate surface area is 173 Å². The average molecular weight is 441 g/mol. The number of halogens is 5. The SMILES string of the molecule is O=C(N[C@H]1CCc2nn(-c3ccnc(C(F)(F)F)c3)cc21)c1cc(Cl)cc(Cl)c1. The minimum Gasteiger partial charge on any atom is -0.345 e. The second-order valence-corrected chi connectivity index (χ2v) is 7.47. The monoisotopic (exact) mass is 440 g/mol. The molecule has 0 bridgehead atoms. The lowest BCUT2D eigenvalue weighted by Crippen LogP contribution is -2.27. The van der Waals surface area contributed by atoms with Crippen LogP contribution < -0.4 is 5.32 Å². The molecule has 4 rings (SSSR count). The Kier molecular flexibility index (Phi) is 5.00. The largest absolute Gasteiger partial charge is 0.433 e. The number of fused-ring (bicyclic) bond motifs is 1. The zero-order chi connectivity index (χ0) is 20.8. The molecule has 0 radical (unpaired) electrons. The van der Waals surface area contributed by atoms with Gasteiger partial charge in [-0.15, -0.1) is 0 Å². The maximum atomic E-state index is 12.9. The van der Waals surface area contributed by atoms with Crippen molar-refractivity contribution in [3.8, 4) is 5.69 Å². The van der Waals surface area contributed by atoms with Crippen LogP contribution in [-0.4, -0.2) is 20.7 Å². The number of amides is 1. The summed E-state index contributed by atoms with van der Waals surface area (Å²) in [5.41, 5.74) is 1.07. The van der Waals surface area contributed by atoms with Crippen LogP contribution in [0.4, 0.5) is 13.2 Å². The summed E-state index contributed by atoms with van der Waals surface area (Å²) in [6.07, 6.45) is -0.578. The Morgan fingerprint density at radius 1 is 1.17 bits per heavy atom. The number of nitrogens with one attached hydrogen (secondary N) is 1. The van der Waals surface area contributed by atoms with Crippen LogP contribution in [0.1, 0.15) is 39.8 Å². The zero-order valence-electron chi connectivity index (χ0n) is 14.7. The van der Waals surface area contributed by atoms with Crippen LogP contribution in [0, 0.1) is 0 Å². The van der Waals surface area contributed by atoms with Gasteiger partial charge in [0.2, 0.25) is 0 Å². The van der Waals surface area contributed by atoms with E-state index in [1.165, 1.54) is 28.9 Å². The van der Waals surface area contributed by atoms with E-state index in [4.69, 9.17) is 23.2 Å². The summed E-state index contributed by atoms with van der Waals surface area (Å²) in [6.45, 7) is 0. The van der Waals surface area contributed by atoms with Crippen LogP contribution in [0.15, 0.2) is 42.7 Å². The third-order valence-corrected chi connectivity index (χ3v) is 5.03. The standard InChI is InChI=1S/C19H13Cl2F3N4O/c20-11-5-10(6-12(21)7-11)18(29)26-15-1-2-16-14(15)9-28(27-16)13-3-4-25-17(8-13)19(22,23)24/h3-9,15H,1-2H2,(H,26,29)/t15-/m0/s1. The quantitative estimate of drug-likeness (QED) is 0.622. The van der Waals surface area contributed by atoms with E-state index in [1.807, 2.05) is 0 Å². The zero-order valence-corrected chi connectivity index (χ0v) is 16.2. The van der Waals surface area contributed by atoms with E-state index >= 15 is 0 Å². The fourth-order valence-electron chi connectivity index (χ4n) is 3.27. The first kappa shape index (κ1) is 19.7. The molecule has 0 fully saturated rings. The molecule has 0 saturated heterocycles. The van der Waals surface area contributed by atoms with Gasteiger partial charge < -0.3 is 5.32 Å². The molecular weight excluding hydrogens is 428 g/mol. The normalized spacial score (nSPS) is 16.0. The molecule has 10 heteroatoms. The highest BCUT2D eigenvalue weighted by atomic mass is 35.5. The first-order chi connectivity index (χ1) is 13.7. The van der Waals surface area contributed by atoms with E-state index in [9.17, 15) is 18.0 Å². The molecule has 0 spiro atoms. The summed E-state index contributed by atoms with van der Waals surface area (Å²) in [6, 6.07) is 6.62. The number of hydrogen-bond acceptors (Lipinski definition) is 3. The van der Waals surface area contributed by atoms with Crippen molar-refractivity contribution in [2.75, 3.05) is 0 Å². The lowest BCUT2D eigenvalue weighted by molar-refractivity contribution is -0.141. The molecule has 1 N–H and O–H groups in total. The maximum absolute atomic E-state index is 12.9. The van der Waals surface area contributed by atoms with Gasteiger partial charge in [0.25, 0.3) is 5.91 Å². The van der Waals surface area contributed by atoms with E-state index in [0.29, 0.717) is 28.5 Å². The first-order valence-corrected chi connectivity index (χ1v) is 9.35. The van der Waals surface area contributed by atoms with Gasteiger partial charge in [-0.25, -0.2) is 4.68 Å². The molecule has 0 aliphatic heterocycles. The number of aromatic nitrogens is 3.